The van der Waals surface area contributed by atoms with E-state index in [1.807, 2.05) is 24.3 Å². The molecule has 1 aromatic heterocycles. The summed E-state index contributed by atoms with van der Waals surface area (Å²) in [5.74, 6) is -0.278. The first-order valence-corrected chi connectivity index (χ1v) is 9.30. The molecular formula is C21H25N3O3. The fraction of sp³-hybridized carbons (Fsp3) is 0.381. The SMILES string of the molecule is CC(C)c1ccccc1NC(=O)c1ccnc(C(=O)NCC2CCCO2)c1. The summed E-state index contributed by atoms with van der Waals surface area (Å²) in [6.07, 6.45) is 3.51. The molecule has 1 aliphatic rings. The van der Waals surface area contributed by atoms with Crippen LogP contribution in [0.4, 0.5) is 5.69 Å². The molecule has 142 valence electrons. The highest BCUT2D eigenvalue weighted by molar-refractivity contribution is 6.06. The lowest BCUT2D eigenvalue weighted by Crippen LogP contribution is -2.32. The summed E-state index contributed by atoms with van der Waals surface area (Å²) < 4.78 is 5.50. The number of benzene rings is 1. The lowest BCUT2D eigenvalue weighted by atomic mass is 10.0. The fourth-order valence-corrected chi connectivity index (χ4v) is 3.11. The zero-order valence-electron chi connectivity index (χ0n) is 15.7. The van der Waals surface area contributed by atoms with Gasteiger partial charge in [0.05, 0.1) is 6.10 Å². The number of carbonyl (C=O) groups excluding carboxylic acids is 2. The van der Waals surface area contributed by atoms with Crippen LogP contribution in [0.3, 0.4) is 0 Å². The van der Waals surface area contributed by atoms with Crippen LogP contribution in [0.2, 0.25) is 0 Å². The lowest BCUT2D eigenvalue weighted by molar-refractivity contribution is 0.0853. The Morgan fingerprint density at radius 3 is 2.78 bits per heavy atom. The van der Waals surface area contributed by atoms with E-state index in [9.17, 15) is 9.59 Å². The molecule has 1 fully saturated rings. The Balaban J connectivity index is 1.67. The van der Waals surface area contributed by atoms with Crippen molar-refractivity contribution in [3.8, 4) is 0 Å². The monoisotopic (exact) mass is 367 g/mol. The Labute approximate surface area is 159 Å². The van der Waals surface area contributed by atoms with Gasteiger partial charge < -0.3 is 15.4 Å². The maximum atomic E-state index is 12.6. The molecule has 0 aliphatic carbocycles. The largest absolute Gasteiger partial charge is 0.376 e. The summed E-state index contributed by atoms with van der Waals surface area (Å²) >= 11 is 0. The average Bonchev–Trinajstić information content (AvgIpc) is 3.20. The third-order valence-electron chi connectivity index (χ3n) is 4.60. The van der Waals surface area contributed by atoms with Gasteiger partial charge in [-0.2, -0.15) is 0 Å². The number of hydrogen-bond acceptors (Lipinski definition) is 4. The van der Waals surface area contributed by atoms with Gasteiger partial charge in [0.15, 0.2) is 0 Å². The van der Waals surface area contributed by atoms with Crippen LogP contribution in [-0.4, -0.2) is 36.1 Å². The maximum absolute atomic E-state index is 12.6. The number of para-hydroxylation sites is 1. The minimum absolute atomic E-state index is 0.0629. The Bertz CT molecular complexity index is 814. The van der Waals surface area contributed by atoms with Gasteiger partial charge in [-0.05, 0) is 42.5 Å². The van der Waals surface area contributed by atoms with E-state index in [2.05, 4.69) is 29.5 Å². The van der Waals surface area contributed by atoms with Crippen molar-refractivity contribution >= 4 is 17.5 Å². The Hall–Kier alpha value is -2.73. The smallest absolute Gasteiger partial charge is 0.269 e. The third-order valence-corrected chi connectivity index (χ3v) is 4.60. The number of ether oxygens (including phenoxy) is 1. The first-order chi connectivity index (χ1) is 13.0. The molecule has 0 spiro atoms. The predicted molar refractivity (Wildman–Crippen MR) is 104 cm³/mol. The summed E-state index contributed by atoms with van der Waals surface area (Å²) in [6.45, 7) is 5.35. The van der Waals surface area contributed by atoms with Crippen molar-refractivity contribution in [2.45, 2.75) is 38.7 Å². The number of carbonyl (C=O) groups is 2. The second-order valence-corrected chi connectivity index (χ2v) is 6.97. The molecule has 0 saturated carbocycles. The molecule has 2 heterocycles. The number of nitrogens with zero attached hydrogens (tertiary/aromatic N) is 1. The highest BCUT2D eigenvalue weighted by Crippen LogP contribution is 2.24. The number of rotatable bonds is 6. The van der Waals surface area contributed by atoms with Crippen LogP contribution >= 0.6 is 0 Å². The molecule has 6 heteroatoms. The van der Waals surface area contributed by atoms with Crippen molar-refractivity contribution in [2.24, 2.45) is 0 Å². The Kier molecular flexibility index (Phi) is 6.19. The van der Waals surface area contributed by atoms with Gasteiger partial charge >= 0.3 is 0 Å². The van der Waals surface area contributed by atoms with Gasteiger partial charge in [0, 0.05) is 30.6 Å². The van der Waals surface area contributed by atoms with E-state index in [0.29, 0.717) is 12.1 Å². The highest BCUT2D eigenvalue weighted by atomic mass is 16.5. The van der Waals surface area contributed by atoms with Crippen LogP contribution in [0.15, 0.2) is 42.6 Å². The zero-order chi connectivity index (χ0) is 19.2. The van der Waals surface area contributed by atoms with Crippen molar-refractivity contribution in [1.82, 2.24) is 10.3 Å². The first kappa shape index (κ1) is 19.0. The maximum Gasteiger partial charge on any atom is 0.269 e. The summed E-state index contributed by atoms with van der Waals surface area (Å²) in [4.78, 5) is 29.0. The first-order valence-electron chi connectivity index (χ1n) is 9.30. The summed E-state index contributed by atoms with van der Waals surface area (Å²) in [5.41, 5.74) is 2.46. The van der Waals surface area contributed by atoms with Crippen molar-refractivity contribution in [1.29, 1.82) is 0 Å². The molecule has 1 unspecified atom stereocenters. The topological polar surface area (TPSA) is 80.3 Å². The summed E-state index contributed by atoms with van der Waals surface area (Å²) in [7, 11) is 0. The molecule has 2 aromatic rings. The fourth-order valence-electron chi connectivity index (χ4n) is 3.11. The van der Waals surface area contributed by atoms with Crippen molar-refractivity contribution < 1.29 is 14.3 Å². The van der Waals surface area contributed by atoms with Gasteiger partial charge in [-0.15, -0.1) is 0 Å². The van der Waals surface area contributed by atoms with E-state index < -0.39 is 0 Å². The van der Waals surface area contributed by atoms with E-state index in [4.69, 9.17) is 4.74 Å². The van der Waals surface area contributed by atoms with Crippen LogP contribution in [0.1, 0.15) is 59.0 Å². The van der Waals surface area contributed by atoms with Gasteiger partial charge in [-0.1, -0.05) is 32.0 Å². The number of amides is 2. The molecule has 1 atom stereocenters. The second kappa shape index (κ2) is 8.77. The lowest BCUT2D eigenvalue weighted by Gasteiger charge is -2.14. The zero-order valence-corrected chi connectivity index (χ0v) is 15.7. The normalized spacial score (nSPS) is 16.3. The second-order valence-electron chi connectivity index (χ2n) is 6.97. The van der Waals surface area contributed by atoms with E-state index in [0.717, 1.165) is 30.7 Å². The molecular weight excluding hydrogens is 342 g/mol. The van der Waals surface area contributed by atoms with Crippen LogP contribution in [-0.2, 0) is 4.74 Å². The molecule has 2 amide bonds. The number of hydrogen-bond donors (Lipinski definition) is 2. The summed E-state index contributed by atoms with van der Waals surface area (Å²) in [5, 5.41) is 5.76. The predicted octanol–water partition coefficient (Wildman–Crippen LogP) is 3.37. The van der Waals surface area contributed by atoms with Gasteiger partial charge in [0.25, 0.3) is 11.8 Å². The number of aromatic nitrogens is 1. The third kappa shape index (κ3) is 4.92. The molecule has 27 heavy (non-hydrogen) atoms. The molecule has 2 N–H and O–H groups in total. The van der Waals surface area contributed by atoms with Crippen LogP contribution in [0, 0.1) is 0 Å². The number of anilines is 1. The highest BCUT2D eigenvalue weighted by Gasteiger charge is 2.18. The minimum Gasteiger partial charge on any atom is -0.376 e. The van der Waals surface area contributed by atoms with E-state index >= 15 is 0 Å². The van der Waals surface area contributed by atoms with Gasteiger partial charge in [-0.25, -0.2) is 0 Å². The van der Waals surface area contributed by atoms with Gasteiger partial charge in [0.2, 0.25) is 0 Å². The molecule has 1 aliphatic heterocycles. The number of pyridine rings is 1. The molecule has 3 rings (SSSR count). The van der Waals surface area contributed by atoms with E-state index in [1.54, 1.807) is 6.07 Å². The van der Waals surface area contributed by atoms with Crippen molar-refractivity contribution in [3.63, 3.8) is 0 Å². The van der Waals surface area contributed by atoms with Gasteiger partial charge in [0.1, 0.15) is 5.69 Å². The van der Waals surface area contributed by atoms with Crippen molar-refractivity contribution in [3.05, 3.63) is 59.4 Å². The Morgan fingerprint density at radius 1 is 1.22 bits per heavy atom. The molecule has 0 radical (unpaired) electrons. The molecule has 0 bridgehead atoms. The summed E-state index contributed by atoms with van der Waals surface area (Å²) in [6, 6.07) is 10.8. The molecule has 1 saturated heterocycles. The van der Waals surface area contributed by atoms with Crippen LogP contribution in [0.25, 0.3) is 0 Å². The van der Waals surface area contributed by atoms with Crippen LogP contribution in [0.5, 0.6) is 0 Å². The molecule has 1 aromatic carbocycles. The van der Waals surface area contributed by atoms with Crippen molar-refractivity contribution in [2.75, 3.05) is 18.5 Å². The van der Waals surface area contributed by atoms with Gasteiger partial charge in [-0.3, -0.25) is 14.6 Å². The van der Waals surface area contributed by atoms with E-state index in [1.165, 1.54) is 12.3 Å². The van der Waals surface area contributed by atoms with E-state index in [-0.39, 0.29) is 29.5 Å². The quantitative estimate of drug-likeness (QED) is 0.820. The number of nitrogens with one attached hydrogen (secondary N) is 2. The standard InChI is InChI=1S/C21H25N3O3/c1-14(2)17-7-3-4-8-18(17)24-20(25)15-9-10-22-19(12-15)21(26)23-13-16-6-5-11-27-16/h3-4,7-10,12,14,16H,5-6,11,13H2,1-2H3,(H,23,26)(H,24,25). The average molecular weight is 367 g/mol. The van der Waals surface area contributed by atoms with Crippen LogP contribution < -0.4 is 10.6 Å². The Morgan fingerprint density at radius 2 is 2.04 bits per heavy atom. The minimum atomic E-state index is -0.303. The molecule has 6 nitrogen and oxygen atoms in total.